The van der Waals surface area contributed by atoms with Gasteiger partial charge in [0.1, 0.15) is 11.6 Å². The lowest BCUT2D eigenvalue weighted by atomic mass is 10.2. The molecule has 19 heavy (non-hydrogen) atoms. The Hall–Kier alpha value is -1.55. The number of hydrogen-bond acceptors (Lipinski definition) is 3. The van der Waals surface area contributed by atoms with Crippen LogP contribution in [0.1, 0.15) is 25.1 Å². The van der Waals surface area contributed by atoms with Gasteiger partial charge in [0, 0.05) is 26.1 Å². The Morgan fingerprint density at radius 3 is 3.16 bits per heavy atom. The maximum atomic E-state index is 5.80. The maximum Gasteiger partial charge on any atom is 0.121 e. The Bertz CT molecular complexity index is 571. The summed E-state index contributed by atoms with van der Waals surface area (Å²) in [5, 5.41) is 0. The van der Waals surface area contributed by atoms with Crippen molar-refractivity contribution in [2.45, 2.75) is 32.3 Å². The Kier molecular flexibility index (Phi) is 3.42. The first-order chi connectivity index (χ1) is 9.24. The van der Waals surface area contributed by atoms with Gasteiger partial charge >= 0.3 is 0 Å². The molecule has 1 aromatic carbocycles. The minimum Gasteiger partial charge on any atom is -0.493 e. The van der Waals surface area contributed by atoms with Crippen LogP contribution in [-0.2, 0) is 11.8 Å². The van der Waals surface area contributed by atoms with E-state index in [0.717, 1.165) is 35.6 Å². The van der Waals surface area contributed by atoms with E-state index >= 15 is 0 Å². The highest BCUT2D eigenvalue weighted by atomic mass is 16.5. The number of aromatic nitrogens is 2. The monoisotopic (exact) mass is 260 g/mol. The zero-order chi connectivity index (χ0) is 13.2. The maximum absolute atomic E-state index is 5.80. The molecule has 0 saturated carbocycles. The summed E-state index contributed by atoms with van der Waals surface area (Å²) in [6.45, 7) is 3.63. The highest BCUT2D eigenvalue weighted by Gasteiger charge is 2.15. The van der Waals surface area contributed by atoms with E-state index in [2.05, 4.69) is 15.6 Å². The van der Waals surface area contributed by atoms with Crippen LogP contribution in [0.25, 0.3) is 11.0 Å². The number of fused-ring (bicyclic) bond motifs is 1. The third-order valence-corrected chi connectivity index (χ3v) is 3.81. The topological polar surface area (TPSA) is 36.3 Å². The number of nitrogens with zero attached hydrogens (tertiary/aromatic N) is 2. The fraction of sp³-hybridized carbons (Fsp3) is 0.533. The normalized spacial score (nSPS) is 19.2. The standard InChI is InChI=1S/C15H20N2O2/c1-11-16-14-10-13(5-6-15(14)17(11)2)19-9-7-12-4-3-8-18-12/h5-6,10,12H,3-4,7-9H2,1-2H3. The molecule has 2 aromatic rings. The van der Waals surface area contributed by atoms with Gasteiger partial charge in [0.05, 0.1) is 23.7 Å². The van der Waals surface area contributed by atoms with Gasteiger partial charge in [-0.25, -0.2) is 4.98 Å². The molecule has 0 amide bonds. The number of imidazole rings is 1. The molecule has 0 spiro atoms. The molecule has 1 aromatic heterocycles. The van der Waals surface area contributed by atoms with Crippen LogP contribution < -0.4 is 4.74 Å². The number of hydrogen-bond donors (Lipinski definition) is 0. The van der Waals surface area contributed by atoms with E-state index in [0.29, 0.717) is 12.7 Å². The predicted octanol–water partition coefficient (Wildman–Crippen LogP) is 2.83. The van der Waals surface area contributed by atoms with Crippen LogP contribution in [0.3, 0.4) is 0 Å². The van der Waals surface area contributed by atoms with Crippen molar-refractivity contribution in [1.82, 2.24) is 9.55 Å². The summed E-state index contributed by atoms with van der Waals surface area (Å²) in [5.41, 5.74) is 2.14. The minimum atomic E-state index is 0.390. The van der Waals surface area contributed by atoms with Crippen LogP contribution in [0.4, 0.5) is 0 Å². The molecule has 1 aliphatic heterocycles. The van der Waals surface area contributed by atoms with E-state index in [-0.39, 0.29) is 0 Å². The first kappa shape index (κ1) is 12.5. The zero-order valence-corrected chi connectivity index (χ0v) is 11.6. The highest BCUT2D eigenvalue weighted by Crippen LogP contribution is 2.22. The Balaban J connectivity index is 1.64. The van der Waals surface area contributed by atoms with Crippen LogP contribution in [0.2, 0.25) is 0 Å². The summed E-state index contributed by atoms with van der Waals surface area (Å²) in [7, 11) is 2.03. The molecule has 102 valence electrons. The zero-order valence-electron chi connectivity index (χ0n) is 11.6. The second kappa shape index (κ2) is 5.21. The summed E-state index contributed by atoms with van der Waals surface area (Å²) >= 11 is 0. The summed E-state index contributed by atoms with van der Waals surface area (Å²) < 4.78 is 13.5. The molecule has 0 bridgehead atoms. The van der Waals surface area contributed by atoms with Crippen LogP contribution in [0.5, 0.6) is 5.75 Å². The van der Waals surface area contributed by atoms with E-state index in [4.69, 9.17) is 9.47 Å². The van der Waals surface area contributed by atoms with Crippen LogP contribution >= 0.6 is 0 Å². The molecule has 4 nitrogen and oxygen atoms in total. The third-order valence-electron chi connectivity index (χ3n) is 3.81. The molecule has 2 heterocycles. The van der Waals surface area contributed by atoms with Gasteiger partial charge in [-0.3, -0.25) is 0 Å². The van der Waals surface area contributed by atoms with Crippen molar-refractivity contribution in [3.63, 3.8) is 0 Å². The molecule has 0 N–H and O–H groups in total. The first-order valence-electron chi connectivity index (χ1n) is 6.91. The van der Waals surface area contributed by atoms with Crippen molar-refractivity contribution in [2.75, 3.05) is 13.2 Å². The van der Waals surface area contributed by atoms with E-state index < -0.39 is 0 Å². The van der Waals surface area contributed by atoms with Gasteiger partial charge in [-0.15, -0.1) is 0 Å². The minimum absolute atomic E-state index is 0.390. The van der Waals surface area contributed by atoms with E-state index in [1.165, 1.54) is 12.8 Å². The fourth-order valence-electron chi connectivity index (χ4n) is 2.57. The quantitative estimate of drug-likeness (QED) is 0.848. The second-order valence-corrected chi connectivity index (χ2v) is 5.14. The highest BCUT2D eigenvalue weighted by molar-refractivity contribution is 5.77. The molecule has 3 rings (SSSR count). The van der Waals surface area contributed by atoms with Crippen LogP contribution in [0.15, 0.2) is 18.2 Å². The summed E-state index contributed by atoms with van der Waals surface area (Å²) in [6, 6.07) is 6.09. The van der Waals surface area contributed by atoms with Crippen LogP contribution in [0, 0.1) is 6.92 Å². The second-order valence-electron chi connectivity index (χ2n) is 5.14. The smallest absolute Gasteiger partial charge is 0.121 e. The van der Waals surface area contributed by atoms with Gasteiger partial charge in [0.15, 0.2) is 0 Å². The molecule has 1 fully saturated rings. The van der Waals surface area contributed by atoms with Gasteiger partial charge in [0.25, 0.3) is 0 Å². The van der Waals surface area contributed by atoms with Gasteiger partial charge in [-0.1, -0.05) is 0 Å². The number of benzene rings is 1. The van der Waals surface area contributed by atoms with Crippen molar-refractivity contribution in [1.29, 1.82) is 0 Å². The number of rotatable bonds is 4. The van der Waals surface area contributed by atoms with Crippen molar-refractivity contribution >= 4 is 11.0 Å². The summed E-state index contributed by atoms with van der Waals surface area (Å²) in [4.78, 5) is 4.52. The van der Waals surface area contributed by atoms with Gasteiger partial charge in [-0.2, -0.15) is 0 Å². The summed E-state index contributed by atoms with van der Waals surface area (Å²) in [6.07, 6.45) is 3.71. The molecule has 1 atom stereocenters. The molecule has 1 aliphatic rings. The molecule has 4 heteroatoms. The van der Waals surface area contributed by atoms with Gasteiger partial charge in [0.2, 0.25) is 0 Å². The Morgan fingerprint density at radius 1 is 1.47 bits per heavy atom. The average molecular weight is 260 g/mol. The first-order valence-corrected chi connectivity index (χ1v) is 6.91. The van der Waals surface area contributed by atoms with Crippen molar-refractivity contribution in [3.8, 4) is 5.75 Å². The SMILES string of the molecule is Cc1nc2cc(OCCC3CCCO3)ccc2n1C. The van der Waals surface area contributed by atoms with Crippen molar-refractivity contribution in [2.24, 2.45) is 7.05 Å². The Morgan fingerprint density at radius 2 is 2.37 bits per heavy atom. The number of ether oxygens (including phenoxy) is 2. The molecule has 0 radical (unpaired) electrons. The van der Waals surface area contributed by atoms with E-state index in [1.807, 2.05) is 26.1 Å². The van der Waals surface area contributed by atoms with Crippen molar-refractivity contribution in [3.05, 3.63) is 24.0 Å². The number of aryl methyl sites for hydroxylation is 2. The molecule has 1 unspecified atom stereocenters. The molecule has 0 aliphatic carbocycles. The van der Waals surface area contributed by atoms with Crippen molar-refractivity contribution < 1.29 is 9.47 Å². The lowest BCUT2D eigenvalue weighted by Gasteiger charge is -2.10. The van der Waals surface area contributed by atoms with Gasteiger partial charge < -0.3 is 14.0 Å². The lowest BCUT2D eigenvalue weighted by Crippen LogP contribution is -2.10. The largest absolute Gasteiger partial charge is 0.493 e. The van der Waals surface area contributed by atoms with E-state index in [9.17, 15) is 0 Å². The Labute approximate surface area is 113 Å². The summed E-state index contributed by atoms with van der Waals surface area (Å²) in [5.74, 6) is 1.91. The molecule has 1 saturated heterocycles. The van der Waals surface area contributed by atoms with Gasteiger partial charge in [-0.05, 0) is 31.9 Å². The fourth-order valence-corrected chi connectivity index (χ4v) is 2.57. The van der Waals surface area contributed by atoms with E-state index in [1.54, 1.807) is 0 Å². The third kappa shape index (κ3) is 2.59. The predicted molar refractivity (Wildman–Crippen MR) is 74.5 cm³/mol. The lowest BCUT2D eigenvalue weighted by molar-refractivity contribution is 0.0904. The molecular weight excluding hydrogens is 240 g/mol. The van der Waals surface area contributed by atoms with Crippen LogP contribution in [-0.4, -0.2) is 28.9 Å². The molecular formula is C15H20N2O2. The average Bonchev–Trinajstić information content (AvgIpc) is 3.00.